The van der Waals surface area contributed by atoms with Gasteiger partial charge in [-0.2, -0.15) is 8.42 Å². The molecule has 0 aliphatic rings. The monoisotopic (exact) mass is 778 g/mol. The van der Waals surface area contributed by atoms with Crippen LogP contribution in [0.3, 0.4) is 0 Å². The van der Waals surface area contributed by atoms with Crippen molar-refractivity contribution >= 4 is 40.0 Å². The van der Waals surface area contributed by atoms with Crippen LogP contribution in [0.2, 0.25) is 0 Å². The van der Waals surface area contributed by atoms with Gasteiger partial charge < -0.3 is 36.3 Å². The summed E-state index contributed by atoms with van der Waals surface area (Å²) in [5.74, 6) is -1.83. The molecule has 54 heavy (non-hydrogen) atoms. The number of unbranched alkanes of at least 4 members (excludes halogenated alkanes) is 2. The zero-order valence-corrected chi connectivity index (χ0v) is 33.6. The molecule has 0 spiro atoms. The van der Waals surface area contributed by atoms with Crippen LogP contribution in [0.5, 0.6) is 5.75 Å². The number of aryl methyl sites for hydroxylation is 2. The number of nitrogens with two attached hydrogens (primary N) is 2. The van der Waals surface area contributed by atoms with E-state index in [9.17, 15) is 32.4 Å². The Morgan fingerprint density at radius 2 is 1.31 bits per heavy atom. The Hall–Kier alpha value is -4.54. The molecule has 2 aromatic carbocycles. The molecule has 0 bridgehead atoms. The van der Waals surface area contributed by atoms with Crippen molar-refractivity contribution in [3.05, 3.63) is 64.7 Å². The molecular formula is C38H58N4O11S. The summed E-state index contributed by atoms with van der Waals surface area (Å²) < 4.78 is 41.8. The Morgan fingerprint density at radius 1 is 0.796 bits per heavy atom. The third kappa shape index (κ3) is 21.2. The highest BCUT2D eigenvalue weighted by atomic mass is 32.2. The molecule has 0 saturated carbocycles. The van der Waals surface area contributed by atoms with E-state index in [2.05, 4.69) is 10.6 Å². The van der Waals surface area contributed by atoms with Crippen LogP contribution in [0.25, 0.3) is 0 Å². The predicted octanol–water partition coefficient (Wildman–Crippen LogP) is 3.98. The van der Waals surface area contributed by atoms with Crippen LogP contribution in [-0.2, 0) is 51.6 Å². The number of benzene rings is 2. The second-order valence-corrected chi connectivity index (χ2v) is 16.5. The number of hydrogen-bond donors (Lipinski definition) is 5. The number of hydrogen-bond acceptors (Lipinski definition) is 11. The molecule has 0 aliphatic heterocycles. The molecule has 16 heteroatoms. The van der Waals surface area contributed by atoms with Crippen molar-refractivity contribution in [2.75, 3.05) is 6.26 Å². The number of carbonyl (C=O) groups excluding carboxylic acids is 5. The van der Waals surface area contributed by atoms with Crippen LogP contribution in [0.1, 0.15) is 95.9 Å². The van der Waals surface area contributed by atoms with Gasteiger partial charge in [0.1, 0.15) is 29.0 Å². The Balaban J connectivity index is 0.00000272. The fraction of sp³-hybridized carbons (Fsp3) is 0.553. The number of nitrogens with one attached hydrogen (secondary N) is 2. The first kappa shape index (κ1) is 47.5. The summed E-state index contributed by atoms with van der Waals surface area (Å²) in [4.78, 5) is 63.5. The minimum absolute atomic E-state index is 0.151. The van der Waals surface area contributed by atoms with Crippen LogP contribution < -0.4 is 26.8 Å². The van der Waals surface area contributed by atoms with E-state index in [1.807, 2.05) is 44.2 Å². The minimum Gasteiger partial charge on any atom is -0.460 e. The Kier molecular flexibility index (Phi) is 18.8. The topological polar surface area (TPSA) is 244 Å². The number of esters is 1. The lowest BCUT2D eigenvalue weighted by molar-refractivity contribution is -0.155. The van der Waals surface area contributed by atoms with Crippen molar-refractivity contribution in [1.29, 1.82) is 0 Å². The van der Waals surface area contributed by atoms with Crippen molar-refractivity contribution in [2.24, 2.45) is 11.5 Å². The first-order valence-corrected chi connectivity index (χ1v) is 19.4. The summed E-state index contributed by atoms with van der Waals surface area (Å²) >= 11 is 0. The fourth-order valence-corrected chi connectivity index (χ4v) is 5.09. The van der Waals surface area contributed by atoms with E-state index in [0.29, 0.717) is 31.3 Å². The van der Waals surface area contributed by atoms with Gasteiger partial charge in [-0.15, -0.1) is 0 Å². The number of carbonyl (C=O) groups is 5. The first-order valence-electron chi connectivity index (χ1n) is 17.6. The van der Waals surface area contributed by atoms with Crippen molar-refractivity contribution in [3.63, 3.8) is 0 Å². The van der Waals surface area contributed by atoms with E-state index in [1.54, 1.807) is 53.7 Å². The predicted molar refractivity (Wildman–Crippen MR) is 204 cm³/mol. The fourth-order valence-electron chi connectivity index (χ4n) is 5.09. The molecule has 0 aliphatic carbocycles. The highest BCUT2D eigenvalue weighted by molar-refractivity contribution is 7.85. The average Bonchev–Trinajstić information content (AvgIpc) is 2.99. The summed E-state index contributed by atoms with van der Waals surface area (Å²) in [6, 6.07) is 9.44. The van der Waals surface area contributed by atoms with E-state index in [1.165, 1.54) is 0 Å². The van der Waals surface area contributed by atoms with E-state index in [0.717, 1.165) is 22.3 Å². The largest absolute Gasteiger partial charge is 0.514 e. The molecule has 15 nitrogen and oxygen atoms in total. The lowest BCUT2D eigenvalue weighted by Crippen LogP contribution is -2.56. The van der Waals surface area contributed by atoms with Crippen LogP contribution in [0.4, 0.5) is 4.79 Å². The molecule has 2 aromatic rings. The van der Waals surface area contributed by atoms with Gasteiger partial charge in [-0.05, 0) is 109 Å². The molecule has 0 aromatic heterocycles. The van der Waals surface area contributed by atoms with Gasteiger partial charge in [0.2, 0.25) is 17.7 Å². The molecule has 0 unspecified atom stereocenters. The maximum absolute atomic E-state index is 13.5. The third-order valence-corrected chi connectivity index (χ3v) is 7.39. The number of rotatable bonds is 16. The minimum atomic E-state index is -3.67. The number of ether oxygens (including phenoxy) is 3. The molecular weight excluding hydrogens is 721 g/mol. The van der Waals surface area contributed by atoms with Crippen LogP contribution >= 0.6 is 0 Å². The molecule has 0 saturated heterocycles. The second-order valence-electron chi connectivity index (χ2n) is 15.0. The highest BCUT2D eigenvalue weighted by Gasteiger charge is 2.28. The molecule has 0 radical (unpaired) electrons. The lowest BCUT2D eigenvalue weighted by Gasteiger charge is -2.24. The smallest absolute Gasteiger partial charge is 0.460 e. The van der Waals surface area contributed by atoms with Gasteiger partial charge in [0.15, 0.2) is 0 Å². The van der Waals surface area contributed by atoms with Crippen LogP contribution in [-0.4, -0.2) is 78.4 Å². The van der Waals surface area contributed by atoms with E-state index in [-0.39, 0.29) is 31.7 Å². The molecule has 302 valence electrons. The Bertz CT molecular complexity index is 1650. The molecule has 3 amide bonds. The summed E-state index contributed by atoms with van der Waals surface area (Å²) in [6.45, 7) is 14.3. The Labute approximate surface area is 319 Å². The van der Waals surface area contributed by atoms with Gasteiger partial charge in [0, 0.05) is 12.8 Å². The maximum atomic E-state index is 13.5. The van der Waals surface area contributed by atoms with Gasteiger partial charge in [-0.25, -0.2) is 4.79 Å². The highest BCUT2D eigenvalue weighted by Crippen LogP contribution is 2.24. The van der Waals surface area contributed by atoms with Crippen molar-refractivity contribution in [2.45, 2.75) is 130 Å². The normalized spacial score (nSPS) is 13.2. The Morgan fingerprint density at radius 3 is 1.81 bits per heavy atom. The summed E-state index contributed by atoms with van der Waals surface area (Å²) in [7, 11) is -3.67. The van der Waals surface area contributed by atoms with Crippen molar-refractivity contribution in [1.82, 2.24) is 10.6 Å². The zero-order valence-electron chi connectivity index (χ0n) is 32.8. The summed E-state index contributed by atoms with van der Waals surface area (Å²) in [6.07, 6.45) is 2.34. The molecule has 0 heterocycles. The molecule has 7 N–H and O–H groups in total. The quantitative estimate of drug-likeness (QED) is 0.0704. The SMILES string of the molecule is CS(=O)(=O)O.Cc1cc(OC(=O)OC(C)(C)C)cc(C)c1C[C@H](N)C(=O)N[C@@H](CCCCCC(=O)OC(C)(C)C)C(=O)N[C@@H](Cc1ccccc1)C(N)=O. The van der Waals surface area contributed by atoms with Gasteiger partial charge in [-0.3, -0.25) is 23.7 Å². The van der Waals surface area contributed by atoms with Crippen LogP contribution in [0.15, 0.2) is 42.5 Å². The van der Waals surface area contributed by atoms with Gasteiger partial charge >= 0.3 is 12.1 Å². The summed E-state index contributed by atoms with van der Waals surface area (Å²) in [5.41, 5.74) is 13.8. The third-order valence-electron chi connectivity index (χ3n) is 7.39. The number of amides is 3. The van der Waals surface area contributed by atoms with Crippen molar-refractivity contribution < 1.29 is 51.2 Å². The number of primary amides is 1. The van der Waals surface area contributed by atoms with E-state index < -0.39 is 63.3 Å². The maximum Gasteiger partial charge on any atom is 0.514 e. The zero-order chi connectivity index (χ0) is 41.4. The molecule has 2 rings (SSSR count). The lowest BCUT2D eigenvalue weighted by atomic mass is 9.95. The van der Waals surface area contributed by atoms with Crippen molar-refractivity contribution in [3.8, 4) is 5.75 Å². The van der Waals surface area contributed by atoms with Gasteiger partial charge in [0.05, 0.1) is 12.3 Å². The average molecular weight is 779 g/mol. The van der Waals surface area contributed by atoms with Crippen LogP contribution in [0, 0.1) is 13.8 Å². The van der Waals surface area contributed by atoms with E-state index >= 15 is 0 Å². The van der Waals surface area contributed by atoms with E-state index in [4.69, 9.17) is 30.2 Å². The molecule has 3 atom stereocenters. The second kappa shape index (κ2) is 21.4. The van der Waals surface area contributed by atoms with Gasteiger partial charge in [0.25, 0.3) is 10.1 Å². The standard InChI is InChI=1S/C37H54N4O8.CH4O3S/c1-23-19-26(47-35(46)49-37(6,7)8)20-24(2)27(23)22-28(38)33(44)40-29(17-13-10-14-18-31(42)48-36(3,4)5)34(45)41-30(32(39)43)21-25-15-11-9-12-16-25;1-5(2,3)4/h9,11-12,15-16,19-20,28-30H,10,13-14,17-18,21-22,38H2,1-8H3,(H2,39,43)(H,40,44)(H,41,45);1H3,(H,2,3,4)/t28-,29-,30-;/m0./s1. The first-order chi connectivity index (χ1) is 24.7. The summed E-state index contributed by atoms with van der Waals surface area (Å²) in [5, 5.41) is 5.47. The van der Waals surface area contributed by atoms with Gasteiger partial charge in [-0.1, -0.05) is 43.2 Å². The molecule has 0 fully saturated rings.